The van der Waals surface area contributed by atoms with Gasteiger partial charge >= 0.3 is 0 Å². The Labute approximate surface area is 154 Å². The van der Waals surface area contributed by atoms with Gasteiger partial charge in [0.1, 0.15) is 0 Å². The fraction of sp³-hybridized carbons (Fsp3) is 0.812. The Morgan fingerprint density at radius 3 is 1.36 bits per heavy atom. The normalized spacial score (nSPS) is 10.8. The van der Waals surface area contributed by atoms with E-state index in [1.807, 2.05) is 6.92 Å². The van der Waals surface area contributed by atoms with Gasteiger partial charge in [-0.3, -0.25) is 4.18 Å². The molecule has 0 saturated heterocycles. The van der Waals surface area contributed by atoms with Gasteiger partial charge in [0.2, 0.25) is 10.4 Å². The third-order valence-corrected chi connectivity index (χ3v) is 3.03. The Bertz CT molecular complexity index is 412. The van der Waals surface area contributed by atoms with E-state index in [4.69, 9.17) is 0 Å². The summed E-state index contributed by atoms with van der Waals surface area (Å²) in [6.45, 7) is 11.5. The van der Waals surface area contributed by atoms with Gasteiger partial charge in [0.05, 0.1) is 53.9 Å². The molecule has 0 saturated carbocycles. The molecule has 0 spiro atoms. The van der Waals surface area contributed by atoms with Crippen LogP contribution < -0.4 is 14.9 Å². The standard InChI is InChI=1S/C6H10O2.2C4H11N.C2H6O4S/c1-3-4-5(2)6(7)8;2*1-4-5(2)3;1-2-6-7(3,4)5/h4H,3H2,1-2H3,(H,7,8);2*4H2,1-3H3;2H2,1H3,(H,3,4,5). The van der Waals surface area contributed by atoms with Crippen molar-refractivity contribution in [1.29, 1.82) is 0 Å². The maximum Gasteiger partial charge on any atom is 0.217 e. The highest BCUT2D eigenvalue weighted by Gasteiger charge is 1.85. The van der Waals surface area contributed by atoms with E-state index in [2.05, 4.69) is 46.2 Å². The summed E-state index contributed by atoms with van der Waals surface area (Å²) >= 11 is 0. The minimum atomic E-state index is -4.42. The van der Waals surface area contributed by atoms with Crippen LogP contribution in [0.25, 0.3) is 0 Å². The predicted octanol–water partition coefficient (Wildman–Crippen LogP) is -2.12. The summed E-state index contributed by atoms with van der Waals surface area (Å²) in [5, 5.41) is 9.91. The van der Waals surface area contributed by atoms with Crippen molar-refractivity contribution in [3.8, 4) is 0 Å². The second kappa shape index (κ2) is 21.0. The van der Waals surface area contributed by atoms with E-state index in [9.17, 15) is 22.9 Å². The van der Waals surface area contributed by atoms with E-state index in [0.717, 1.165) is 6.42 Å². The van der Waals surface area contributed by atoms with E-state index >= 15 is 0 Å². The van der Waals surface area contributed by atoms with Crippen LogP contribution in [0.5, 0.6) is 0 Å². The lowest BCUT2D eigenvalue weighted by molar-refractivity contribution is -0.856. The van der Waals surface area contributed by atoms with Crippen LogP contribution in [-0.2, 0) is 19.4 Å². The Hall–Kier alpha value is -1.00. The maximum absolute atomic E-state index is 9.91. The molecule has 0 aromatic carbocycles. The quantitative estimate of drug-likeness (QED) is 0.306. The van der Waals surface area contributed by atoms with Crippen molar-refractivity contribution in [1.82, 2.24) is 0 Å². The Morgan fingerprint density at radius 2 is 1.32 bits per heavy atom. The summed E-state index contributed by atoms with van der Waals surface area (Å²) in [6, 6.07) is 0. The topological polar surface area (TPSA) is 115 Å². The van der Waals surface area contributed by atoms with Gasteiger partial charge in [-0.15, -0.1) is 0 Å². The second-order valence-corrected chi connectivity index (χ2v) is 6.57. The molecule has 0 bridgehead atoms. The monoisotopic (exact) mass is 386 g/mol. The van der Waals surface area contributed by atoms with Crippen LogP contribution in [-0.4, -0.2) is 66.8 Å². The van der Waals surface area contributed by atoms with E-state index < -0.39 is 16.4 Å². The van der Waals surface area contributed by atoms with Crippen LogP contribution in [0, 0.1) is 0 Å². The number of rotatable bonds is 6. The summed E-state index contributed by atoms with van der Waals surface area (Å²) in [5.41, 5.74) is 0.313. The first-order valence-electron chi connectivity index (χ1n) is 8.35. The third-order valence-electron chi connectivity index (χ3n) is 2.51. The zero-order valence-corrected chi connectivity index (χ0v) is 18.1. The fourth-order valence-electron chi connectivity index (χ4n) is 0.534. The Kier molecular flexibility index (Phi) is 26.7. The molecule has 0 aliphatic rings. The number of quaternary nitrogens is 2. The minimum Gasteiger partial charge on any atom is -0.726 e. The second-order valence-electron chi connectivity index (χ2n) is 5.52. The van der Waals surface area contributed by atoms with Crippen molar-refractivity contribution >= 4 is 16.4 Å². The molecule has 0 aromatic heterocycles. The van der Waals surface area contributed by atoms with Crippen LogP contribution >= 0.6 is 0 Å². The number of hydrogen-bond acceptors (Lipinski definition) is 6. The lowest BCUT2D eigenvalue weighted by Gasteiger charge is -2.02. The Balaban J connectivity index is -0.000000120. The molecule has 154 valence electrons. The van der Waals surface area contributed by atoms with Gasteiger partial charge in [0.15, 0.2) is 0 Å². The van der Waals surface area contributed by atoms with Crippen LogP contribution in [0.3, 0.4) is 0 Å². The van der Waals surface area contributed by atoms with Crippen LogP contribution in [0.15, 0.2) is 11.6 Å². The molecular formula is C16H38N2O6S. The molecule has 0 aliphatic carbocycles. The number of aliphatic carboxylic acids is 1. The molecule has 0 heterocycles. The average molecular weight is 387 g/mol. The van der Waals surface area contributed by atoms with Gasteiger partial charge in [-0.05, 0) is 39.7 Å². The molecule has 0 unspecified atom stereocenters. The van der Waals surface area contributed by atoms with Crippen molar-refractivity contribution in [3.05, 3.63) is 11.6 Å². The molecule has 25 heavy (non-hydrogen) atoms. The maximum atomic E-state index is 9.91. The van der Waals surface area contributed by atoms with Gasteiger partial charge in [-0.25, -0.2) is 8.42 Å². The summed E-state index contributed by atoms with van der Waals surface area (Å²) < 4.78 is 32.0. The third kappa shape index (κ3) is 51.8. The van der Waals surface area contributed by atoms with E-state index in [1.54, 1.807) is 6.08 Å². The highest BCUT2D eigenvalue weighted by atomic mass is 32.3. The van der Waals surface area contributed by atoms with Gasteiger partial charge in [-0.2, -0.15) is 0 Å². The van der Waals surface area contributed by atoms with Crippen molar-refractivity contribution in [2.24, 2.45) is 0 Å². The first-order valence-corrected chi connectivity index (χ1v) is 9.68. The largest absolute Gasteiger partial charge is 0.726 e. The molecule has 0 atom stereocenters. The highest BCUT2D eigenvalue weighted by Crippen LogP contribution is 1.90. The number of carboxylic acids is 1. The summed E-state index contributed by atoms with van der Waals surface area (Å²) in [7, 11) is 4.13. The molecular weight excluding hydrogens is 348 g/mol. The van der Waals surface area contributed by atoms with Gasteiger partial charge in [-0.1, -0.05) is 13.0 Å². The zero-order chi connectivity index (χ0) is 21.1. The molecule has 0 amide bonds. The highest BCUT2D eigenvalue weighted by molar-refractivity contribution is 7.80. The number of nitrogens with one attached hydrogen (secondary N) is 2. The molecule has 2 N–H and O–H groups in total. The van der Waals surface area contributed by atoms with Crippen LogP contribution in [0.2, 0.25) is 0 Å². The van der Waals surface area contributed by atoms with Crippen molar-refractivity contribution in [2.75, 3.05) is 47.9 Å². The van der Waals surface area contributed by atoms with Gasteiger partial charge in [0, 0.05) is 0 Å². The van der Waals surface area contributed by atoms with E-state index in [-0.39, 0.29) is 6.61 Å². The number of carbonyl (C=O) groups is 1. The lowest BCUT2D eigenvalue weighted by Crippen LogP contribution is -3.05. The van der Waals surface area contributed by atoms with E-state index in [1.165, 1.54) is 36.7 Å². The SMILES string of the molecule is CCC=C(C)C(=O)[O-].CCOS(=O)(=O)[O-].CC[NH+](C)C.CC[NH+](C)C. The number of carboxylic acid groups (broad SMARTS) is 1. The predicted molar refractivity (Wildman–Crippen MR) is 97.1 cm³/mol. The van der Waals surface area contributed by atoms with Gasteiger partial charge in [0.25, 0.3) is 0 Å². The molecule has 0 aromatic rings. The van der Waals surface area contributed by atoms with Crippen molar-refractivity contribution in [2.45, 2.75) is 41.0 Å². The van der Waals surface area contributed by atoms with Crippen LogP contribution in [0.1, 0.15) is 41.0 Å². The minimum absolute atomic E-state index is 0.0914. The first-order chi connectivity index (χ1) is 11.3. The summed E-state index contributed by atoms with van der Waals surface area (Å²) in [5.74, 6) is -1.08. The number of hydrogen-bond donors (Lipinski definition) is 2. The lowest BCUT2D eigenvalue weighted by atomic mass is 10.2. The smallest absolute Gasteiger partial charge is 0.217 e. The first kappa shape index (κ1) is 31.7. The molecule has 0 aliphatic heterocycles. The fourth-order valence-corrected chi connectivity index (χ4v) is 0.823. The van der Waals surface area contributed by atoms with Gasteiger partial charge < -0.3 is 24.3 Å². The number of allylic oxidation sites excluding steroid dienone is 1. The van der Waals surface area contributed by atoms with Crippen molar-refractivity contribution < 1.29 is 36.9 Å². The molecule has 9 heteroatoms. The van der Waals surface area contributed by atoms with Crippen molar-refractivity contribution in [3.63, 3.8) is 0 Å². The summed E-state index contributed by atoms with van der Waals surface area (Å²) in [6.07, 6.45) is 2.37. The average Bonchev–Trinajstić information content (AvgIpc) is 2.48. The molecule has 0 rings (SSSR count). The number of carbonyl (C=O) groups excluding carboxylic acids is 1. The Morgan fingerprint density at radius 1 is 1.00 bits per heavy atom. The summed E-state index contributed by atoms with van der Waals surface area (Å²) in [4.78, 5) is 12.9. The zero-order valence-electron chi connectivity index (χ0n) is 17.3. The van der Waals surface area contributed by atoms with E-state index in [0.29, 0.717) is 5.57 Å². The molecule has 0 radical (unpaired) electrons. The molecule has 8 nitrogen and oxygen atoms in total. The van der Waals surface area contributed by atoms with Crippen LogP contribution in [0.4, 0.5) is 0 Å². The molecule has 0 fully saturated rings.